The summed E-state index contributed by atoms with van der Waals surface area (Å²) >= 11 is 0. The van der Waals surface area contributed by atoms with E-state index in [1.165, 1.54) is 13.2 Å². The second-order valence-electron chi connectivity index (χ2n) is 4.09. The van der Waals surface area contributed by atoms with Gasteiger partial charge < -0.3 is 19.7 Å². The van der Waals surface area contributed by atoms with Gasteiger partial charge in [-0.05, 0) is 18.2 Å². The minimum Gasteiger partial charge on any atom is -0.508 e. The van der Waals surface area contributed by atoms with E-state index in [0.29, 0.717) is 31.0 Å². The summed E-state index contributed by atoms with van der Waals surface area (Å²) in [5, 5.41) is 18.6. The monoisotopic (exact) mass is 269 g/mol. The molecule has 1 rings (SSSR count). The number of hydrogen-bond donors (Lipinski definition) is 2. The van der Waals surface area contributed by atoms with Crippen molar-refractivity contribution in [3.8, 4) is 11.5 Å². The summed E-state index contributed by atoms with van der Waals surface area (Å²) in [5.74, 6) is -0.179. The van der Waals surface area contributed by atoms with Crippen molar-refractivity contribution < 1.29 is 24.5 Å². The highest BCUT2D eigenvalue weighted by Gasteiger charge is 2.13. The SMILES string of the molecule is COCCN(CC(=O)O)Cc1cc(OC)ccc1O. The number of benzene rings is 1. The number of nitrogens with zero attached hydrogens (tertiary/aromatic N) is 1. The summed E-state index contributed by atoms with van der Waals surface area (Å²) in [7, 11) is 3.10. The molecule has 0 spiro atoms. The normalized spacial score (nSPS) is 10.7. The highest BCUT2D eigenvalue weighted by molar-refractivity contribution is 5.69. The van der Waals surface area contributed by atoms with Crippen LogP contribution in [0.2, 0.25) is 0 Å². The average Bonchev–Trinajstić information content (AvgIpc) is 2.37. The zero-order chi connectivity index (χ0) is 14.3. The Hall–Kier alpha value is -1.79. The van der Waals surface area contributed by atoms with Crippen molar-refractivity contribution in [2.75, 3.05) is 33.9 Å². The van der Waals surface area contributed by atoms with E-state index in [4.69, 9.17) is 14.6 Å². The van der Waals surface area contributed by atoms with Crippen molar-refractivity contribution in [1.82, 2.24) is 4.90 Å². The maximum atomic E-state index is 10.8. The van der Waals surface area contributed by atoms with E-state index in [2.05, 4.69) is 0 Å². The number of carboxylic acids is 1. The van der Waals surface area contributed by atoms with Gasteiger partial charge in [0.1, 0.15) is 11.5 Å². The summed E-state index contributed by atoms with van der Waals surface area (Å²) in [4.78, 5) is 12.5. The third-order valence-electron chi connectivity index (χ3n) is 2.65. The van der Waals surface area contributed by atoms with Crippen LogP contribution >= 0.6 is 0 Å². The standard InChI is InChI=1S/C13H19NO5/c1-18-6-5-14(9-13(16)17)8-10-7-11(19-2)3-4-12(10)15/h3-4,7,15H,5-6,8-9H2,1-2H3,(H,16,17). The topological polar surface area (TPSA) is 79.2 Å². The highest BCUT2D eigenvalue weighted by Crippen LogP contribution is 2.24. The van der Waals surface area contributed by atoms with E-state index in [0.717, 1.165) is 0 Å². The van der Waals surface area contributed by atoms with Gasteiger partial charge in [-0.25, -0.2) is 0 Å². The Morgan fingerprint density at radius 3 is 2.68 bits per heavy atom. The molecule has 106 valence electrons. The van der Waals surface area contributed by atoms with Crippen molar-refractivity contribution in [2.24, 2.45) is 0 Å². The molecule has 0 unspecified atom stereocenters. The number of phenolic OH excluding ortho intramolecular Hbond substituents is 1. The second-order valence-corrected chi connectivity index (χ2v) is 4.09. The van der Waals surface area contributed by atoms with Gasteiger partial charge in [0.2, 0.25) is 0 Å². The molecule has 6 heteroatoms. The van der Waals surface area contributed by atoms with E-state index >= 15 is 0 Å². The molecular formula is C13H19NO5. The predicted molar refractivity (Wildman–Crippen MR) is 69.4 cm³/mol. The van der Waals surface area contributed by atoms with E-state index in [1.54, 1.807) is 24.1 Å². The van der Waals surface area contributed by atoms with Crippen LogP contribution in [0, 0.1) is 0 Å². The van der Waals surface area contributed by atoms with Crippen molar-refractivity contribution >= 4 is 5.97 Å². The smallest absolute Gasteiger partial charge is 0.317 e. The molecule has 0 radical (unpaired) electrons. The molecule has 1 aromatic rings. The molecule has 6 nitrogen and oxygen atoms in total. The fourth-order valence-electron chi connectivity index (χ4n) is 1.68. The first-order valence-electron chi connectivity index (χ1n) is 5.85. The summed E-state index contributed by atoms with van der Waals surface area (Å²) in [5.41, 5.74) is 0.622. The Morgan fingerprint density at radius 2 is 2.11 bits per heavy atom. The van der Waals surface area contributed by atoms with Crippen LogP contribution in [-0.4, -0.2) is 55.0 Å². The molecule has 0 saturated heterocycles. The fourth-order valence-corrected chi connectivity index (χ4v) is 1.68. The van der Waals surface area contributed by atoms with Gasteiger partial charge in [-0.3, -0.25) is 9.69 Å². The number of rotatable bonds is 8. The van der Waals surface area contributed by atoms with Gasteiger partial charge >= 0.3 is 5.97 Å². The van der Waals surface area contributed by atoms with Gasteiger partial charge in [-0.2, -0.15) is 0 Å². The minimum absolute atomic E-state index is 0.111. The van der Waals surface area contributed by atoms with Crippen molar-refractivity contribution in [3.63, 3.8) is 0 Å². The molecule has 0 fully saturated rings. The Bertz CT molecular complexity index is 421. The zero-order valence-corrected chi connectivity index (χ0v) is 11.1. The number of methoxy groups -OCH3 is 2. The van der Waals surface area contributed by atoms with Crippen LogP contribution < -0.4 is 4.74 Å². The lowest BCUT2D eigenvalue weighted by Crippen LogP contribution is -2.32. The molecule has 0 aliphatic heterocycles. The predicted octanol–water partition coefficient (Wildman–Crippen LogP) is 0.934. The van der Waals surface area contributed by atoms with Gasteiger partial charge in [0, 0.05) is 25.8 Å². The van der Waals surface area contributed by atoms with E-state index < -0.39 is 5.97 Å². The van der Waals surface area contributed by atoms with Crippen LogP contribution in [0.5, 0.6) is 11.5 Å². The van der Waals surface area contributed by atoms with Crippen LogP contribution in [-0.2, 0) is 16.1 Å². The molecule has 0 heterocycles. The van der Waals surface area contributed by atoms with Crippen LogP contribution in [0.25, 0.3) is 0 Å². The number of phenols is 1. The molecule has 0 atom stereocenters. The van der Waals surface area contributed by atoms with Crippen molar-refractivity contribution in [3.05, 3.63) is 23.8 Å². The van der Waals surface area contributed by atoms with Gasteiger partial charge in [0.25, 0.3) is 0 Å². The molecule has 1 aromatic carbocycles. The lowest BCUT2D eigenvalue weighted by Gasteiger charge is -2.20. The quantitative estimate of drug-likeness (QED) is 0.731. The molecule has 0 amide bonds. The molecule has 0 bridgehead atoms. The lowest BCUT2D eigenvalue weighted by atomic mass is 10.1. The van der Waals surface area contributed by atoms with Gasteiger partial charge in [-0.15, -0.1) is 0 Å². The Morgan fingerprint density at radius 1 is 1.37 bits per heavy atom. The number of aliphatic carboxylic acids is 1. The van der Waals surface area contributed by atoms with E-state index in [1.807, 2.05) is 0 Å². The first-order chi connectivity index (χ1) is 9.06. The molecule has 0 saturated carbocycles. The Balaban J connectivity index is 2.78. The molecule has 19 heavy (non-hydrogen) atoms. The first-order valence-corrected chi connectivity index (χ1v) is 5.85. The van der Waals surface area contributed by atoms with Gasteiger partial charge in [0.05, 0.1) is 20.3 Å². The first kappa shape index (κ1) is 15.3. The highest BCUT2D eigenvalue weighted by atomic mass is 16.5. The number of ether oxygens (including phenoxy) is 2. The number of hydrogen-bond acceptors (Lipinski definition) is 5. The summed E-state index contributed by atoms with van der Waals surface area (Å²) in [6.45, 7) is 1.11. The molecular weight excluding hydrogens is 250 g/mol. The number of carboxylic acid groups (broad SMARTS) is 1. The van der Waals surface area contributed by atoms with Gasteiger partial charge in [0.15, 0.2) is 0 Å². The van der Waals surface area contributed by atoms with Gasteiger partial charge in [-0.1, -0.05) is 0 Å². The molecule has 0 aromatic heterocycles. The Labute approximate surface area is 112 Å². The summed E-state index contributed by atoms with van der Waals surface area (Å²) < 4.78 is 10.0. The molecule has 0 aliphatic rings. The third-order valence-corrected chi connectivity index (χ3v) is 2.65. The maximum Gasteiger partial charge on any atom is 0.317 e. The summed E-state index contributed by atoms with van der Waals surface area (Å²) in [6, 6.07) is 4.87. The number of carbonyl (C=O) groups is 1. The largest absolute Gasteiger partial charge is 0.508 e. The van der Waals surface area contributed by atoms with Crippen LogP contribution in [0.4, 0.5) is 0 Å². The second kappa shape index (κ2) is 7.60. The third kappa shape index (κ3) is 5.15. The minimum atomic E-state index is -0.918. The van der Waals surface area contributed by atoms with Crippen molar-refractivity contribution in [2.45, 2.75) is 6.54 Å². The Kier molecular flexibility index (Phi) is 6.11. The summed E-state index contributed by atoms with van der Waals surface area (Å²) in [6.07, 6.45) is 0. The van der Waals surface area contributed by atoms with Crippen LogP contribution in [0.1, 0.15) is 5.56 Å². The maximum absolute atomic E-state index is 10.8. The van der Waals surface area contributed by atoms with E-state index in [-0.39, 0.29) is 12.3 Å². The van der Waals surface area contributed by atoms with Crippen LogP contribution in [0.15, 0.2) is 18.2 Å². The van der Waals surface area contributed by atoms with Crippen LogP contribution in [0.3, 0.4) is 0 Å². The zero-order valence-electron chi connectivity index (χ0n) is 11.1. The fraction of sp³-hybridized carbons (Fsp3) is 0.462. The van der Waals surface area contributed by atoms with E-state index in [9.17, 15) is 9.90 Å². The molecule has 2 N–H and O–H groups in total. The molecule has 0 aliphatic carbocycles. The average molecular weight is 269 g/mol. The lowest BCUT2D eigenvalue weighted by molar-refractivity contribution is -0.138. The van der Waals surface area contributed by atoms with Crippen molar-refractivity contribution in [1.29, 1.82) is 0 Å². The number of aromatic hydroxyl groups is 1.